The number of para-hydroxylation sites is 1. The van der Waals surface area contributed by atoms with E-state index in [1.54, 1.807) is 6.20 Å². The van der Waals surface area contributed by atoms with Gasteiger partial charge in [-0.05, 0) is 42.0 Å². The maximum Gasteiger partial charge on any atom is 0.227 e. The molecule has 0 spiro atoms. The molecule has 7 heteroatoms. The summed E-state index contributed by atoms with van der Waals surface area (Å²) < 4.78 is 1.82. The van der Waals surface area contributed by atoms with Crippen LogP contribution in [0, 0.1) is 0 Å². The predicted octanol–water partition coefficient (Wildman–Crippen LogP) is 5.82. The molecule has 0 unspecified atom stereocenters. The average molecular weight is 427 g/mol. The van der Waals surface area contributed by atoms with Gasteiger partial charge in [0.1, 0.15) is 5.82 Å². The molecule has 0 radical (unpaired) electrons. The molecule has 152 valence electrons. The number of aromatic nitrogens is 4. The van der Waals surface area contributed by atoms with Crippen LogP contribution in [0.1, 0.15) is 5.56 Å². The third-order valence-corrected chi connectivity index (χ3v) is 5.08. The Kier molecular flexibility index (Phi) is 5.21. The quantitative estimate of drug-likeness (QED) is 0.358. The van der Waals surface area contributed by atoms with Gasteiger partial charge in [0.2, 0.25) is 5.95 Å². The van der Waals surface area contributed by atoms with Gasteiger partial charge in [0, 0.05) is 17.3 Å². The van der Waals surface area contributed by atoms with Crippen molar-refractivity contribution >= 4 is 40.1 Å². The van der Waals surface area contributed by atoms with Gasteiger partial charge in [-0.2, -0.15) is 15.1 Å². The highest BCUT2D eigenvalue weighted by molar-refractivity contribution is 6.30. The van der Waals surface area contributed by atoms with Crippen LogP contribution in [0.15, 0.2) is 91.1 Å². The third-order valence-electron chi connectivity index (χ3n) is 4.83. The summed E-state index contributed by atoms with van der Waals surface area (Å²) in [6.45, 7) is 0.617. The molecule has 2 N–H and O–H groups in total. The van der Waals surface area contributed by atoms with Crippen LogP contribution in [0.2, 0.25) is 5.02 Å². The molecular weight excluding hydrogens is 408 g/mol. The van der Waals surface area contributed by atoms with Crippen LogP contribution in [0.4, 0.5) is 17.5 Å². The molecule has 0 amide bonds. The van der Waals surface area contributed by atoms with Crippen LogP contribution in [-0.4, -0.2) is 19.7 Å². The fraction of sp³-hybridized carbons (Fsp3) is 0.0417. The topological polar surface area (TPSA) is 67.7 Å². The van der Waals surface area contributed by atoms with Crippen molar-refractivity contribution in [2.75, 3.05) is 10.6 Å². The maximum atomic E-state index is 6.03. The van der Waals surface area contributed by atoms with Gasteiger partial charge in [-0.3, -0.25) is 0 Å². The van der Waals surface area contributed by atoms with Gasteiger partial charge in [0.25, 0.3) is 0 Å². The van der Waals surface area contributed by atoms with E-state index in [1.807, 2.05) is 77.5 Å². The first kappa shape index (κ1) is 19.1. The SMILES string of the molecule is Clc1ccc(Nc2nc(NCc3ccccc3)nc3c2cnn3-c2ccccc2)cc1. The number of hydrogen-bond donors (Lipinski definition) is 2. The number of halogens is 1. The molecule has 0 saturated heterocycles. The Hall–Kier alpha value is -3.90. The van der Waals surface area contributed by atoms with Gasteiger partial charge in [0.15, 0.2) is 5.65 Å². The summed E-state index contributed by atoms with van der Waals surface area (Å²) in [6.07, 6.45) is 1.78. The fourth-order valence-corrected chi connectivity index (χ4v) is 3.41. The first-order valence-electron chi connectivity index (χ1n) is 9.88. The number of anilines is 3. The zero-order chi connectivity index (χ0) is 21.0. The first-order chi connectivity index (χ1) is 15.3. The van der Waals surface area contributed by atoms with Crippen molar-refractivity contribution in [2.45, 2.75) is 6.54 Å². The lowest BCUT2D eigenvalue weighted by atomic mass is 10.2. The minimum Gasteiger partial charge on any atom is -0.350 e. The van der Waals surface area contributed by atoms with Gasteiger partial charge in [-0.15, -0.1) is 0 Å². The zero-order valence-electron chi connectivity index (χ0n) is 16.5. The second kappa shape index (κ2) is 8.45. The monoisotopic (exact) mass is 426 g/mol. The van der Waals surface area contributed by atoms with E-state index in [2.05, 4.69) is 27.9 Å². The van der Waals surface area contributed by atoms with E-state index in [0.29, 0.717) is 29.0 Å². The summed E-state index contributed by atoms with van der Waals surface area (Å²) in [4.78, 5) is 9.48. The molecule has 31 heavy (non-hydrogen) atoms. The third kappa shape index (κ3) is 4.20. The van der Waals surface area contributed by atoms with E-state index in [-0.39, 0.29) is 0 Å². The Labute approximate surface area is 184 Å². The summed E-state index contributed by atoms with van der Waals surface area (Å²) in [5.74, 6) is 1.19. The Bertz CT molecular complexity index is 1300. The molecule has 6 nitrogen and oxygen atoms in total. The Balaban J connectivity index is 1.56. The summed E-state index contributed by atoms with van der Waals surface area (Å²) in [5.41, 5.74) is 3.68. The van der Waals surface area contributed by atoms with Gasteiger partial charge in [-0.25, -0.2) is 4.68 Å². The molecule has 5 aromatic rings. The summed E-state index contributed by atoms with van der Waals surface area (Å²) in [5, 5.41) is 12.8. The van der Waals surface area contributed by atoms with Crippen molar-refractivity contribution in [2.24, 2.45) is 0 Å². The Morgan fingerprint density at radius 1 is 0.806 bits per heavy atom. The Morgan fingerprint density at radius 2 is 1.52 bits per heavy atom. The summed E-state index contributed by atoms with van der Waals surface area (Å²) >= 11 is 6.03. The molecule has 2 heterocycles. The lowest BCUT2D eigenvalue weighted by Crippen LogP contribution is -2.07. The van der Waals surface area contributed by atoms with Crippen LogP contribution in [0.25, 0.3) is 16.7 Å². The molecule has 0 aliphatic heterocycles. The van der Waals surface area contributed by atoms with E-state index in [1.165, 1.54) is 0 Å². The van der Waals surface area contributed by atoms with Crippen LogP contribution in [0.5, 0.6) is 0 Å². The largest absolute Gasteiger partial charge is 0.350 e. The number of hydrogen-bond acceptors (Lipinski definition) is 5. The molecule has 3 aromatic carbocycles. The number of nitrogens with one attached hydrogen (secondary N) is 2. The van der Waals surface area contributed by atoms with Crippen molar-refractivity contribution < 1.29 is 0 Å². The Morgan fingerprint density at radius 3 is 2.26 bits per heavy atom. The van der Waals surface area contributed by atoms with Gasteiger partial charge in [0.05, 0.1) is 17.3 Å². The highest BCUT2D eigenvalue weighted by Gasteiger charge is 2.14. The highest BCUT2D eigenvalue weighted by atomic mass is 35.5. The molecule has 0 atom stereocenters. The van der Waals surface area contributed by atoms with E-state index < -0.39 is 0 Å². The predicted molar refractivity (Wildman–Crippen MR) is 125 cm³/mol. The number of benzene rings is 3. The number of rotatable bonds is 6. The van der Waals surface area contributed by atoms with E-state index in [4.69, 9.17) is 21.6 Å². The van der Waals surface area contributed by atoms with Gasteiger partial charge >= 0.3 is 0 Å². The number of nitrogens with zero attached hydrogens (tertiary/aromatic N) is 4. The molecule has 0 fully saturated rings. The molecule has 5 rings (SSSR count). The van der Waals surface area contributed by atoms with Crippen molar-refractivity contribution in [3.8, 4) is 5.69 Å². The van der Waals surface area contributed by atoms with Crippen molar-refractivity contribution in [1.82, 2.24) is 19.7 Å². The first-order valence-corrected chi connectivity index (χ1v) is 10.3. The van der Waals surface area contributed by atoms with Crippen LogP contribution in [0.3, 0.4) is 0 Å². The van der Waals surface area contributed by atoms with E-state index >= 15 is 0 Å². The molecule has 0 saturated carbocycles. The van der Waals surface area contributed by atoms with Crippen LogP contribution >= 0.6 is 11.6 Å². The standard InChI is InChI=1S/C24H19ClN6/c25-18-11-13-19(14-12-18)28-22-21-16-27-31(20-9-5-2-6-10-20)23(21)30-24(29-22)26-15-17-7-3-1-4-8-17/h1-14,16H,15H2,(H2,26,28,29,30). The van der Waals surface area contributed by atoms with E-state index in [9.17, 15) is 0 Å². The van der Waals surface area contributed by atoms with Gasteiger partial charge < -0.3 is 10.6 Å². The molecule has 0 bridgehead atoms. The highest BCUT2D eigenvalue weighted by Crippen LogP contribution is 2.27. The fourth-order valence-electron chi connectivity index (χ4n) is 3.29. The minimum atomic E-state index is 0.519. The van der Waals surface area contributed by atoms with Crippen molar-refractivity contribution in [3.63, 3.8) is 0 Å². The summed E-state index contributed by atoms with van der Waals surface area (Å²) in [6, 6.07) is 27.6. The minimum absolute atomic E-state index is 0.519. The second-order valence-corrected chi connectivity index (χ2v) is 7.43. The number of fused-ring (bicyclic) bond motifs is 1. The van der Waals surface area contributed by atoms with Crippen LogP contribution < -0.4 is 10.6 Å². The van der Waals surface area contributed by atoms with Crippen LogP contribution in [-0.2, 0) is 6.54 Å². The smallest absolute Gasteiger partial charge is 0.227 e. The van der Waals surface area contributed by atoms with E-state index in [0.717, 1.165) is 22.3 Å². The lowest BCUT2D eigenvalue weighted by molar-refractivity contribution is 0.894. The molecule has 0 aliphatic rings. The molecule has 0 aliphatic carbocycles. The van der Waals surface area contributed by atoms with Crippen molar-refractivity contribution in [1.29, 1.82) is 0 Å². The van der Waals surface area contributed by atoms with Gasteiger partial charge in [-0.1, -0.05) is 60.1 Å². The van der Waals surface area contributed by atoms with Crippen molar-refractivity contribution in [3.05, 3.63) is 102 Å². The lowest BCUT2D eigenvalue weighted by Gasteiger charge is -2.11. The maximum absolute atomic E-state index is 6.03. The normalized spacial score (nSPS) is 10.9. The summed E-state index contributed by atoms with van der Waals surface area (Å²) in [7, 11) is 0. The second-order valence-electron chi connectivity index (χ2n) is 7.00. The zero-order valence-corrected chi connectivity index (χ0v) is 17.3. The molecular formula is C24H19ClN6. The molecule has 2 aromatic heterocycles. The average Bonchev–Trinajstić information content (AvgIpc) is 3.25.